The van der Waals surface area contributed by atoms with Crippen LogP contribution in [0, 0.1) is 0 Å². The summed E-state index contributed by atoms with van der Waals surface area (Å²) in [7, 11) is -3.17. The predicted octanol–water partition coefficient (Wildman–Crippen LogP) is 5.19. The smallest absolute Gasteiger partial charge is 0.250 e. The van der Waals surface area contributed by atoms with Gasteiger partial charge in [0.15, 0.2) is 0 Å². The van der Waals surface area contributed by atoms with Crippen LogP contribution in [0.1, 0.15) is 79.1 Å². The molecule has 196 valence electrons. The van der Waals surface area contributed by atoms with Crippen LogP contribution in [0.15, 0.2) is 30.5 Å². The van der Waals surface area contributed by atoms with Gasteiger partial charge in [0.1, 0.15) is 0 Å². The van der Waals surface area contributed by atoms with Crippen molar-refractivity contribution < 1.29 is 13.2 Å². The Morgan fingerprint density at radius 1 is 1.17 bits per heavy atom. The summed E-state index contributed by atoms with van der Waals surface area (Å²) in [5.74, 6) is -0.0914. The molecule has 4 N–H and O–H groups in total. The zero-order valence-electron chi connectivity index (χ0n) is 21.3. The third-order valence-electron chi connectivity index (χ3n) is 7.19. The van der Waals surface area contributed by atoms with Crippen LogP contribution in [0.4, 0.5) is 0 Å². The third-order valence-corrected chi connectivity index (χ3v) is 10.2. The van der Waals surface area contributed by atoms with Crippen molar-refractivity contribution in [3.05, 3.63) is 46.5 Å². The number of primary amides is 1. The summed E-state index contributed by atoms with van der Waals surface area (Å²) in [5.41, 5.74) is 9.15. The summed E-state index contributed by atoms with van der Waals surface area (Å²) in [6, 6.07) is 8.30. The predicted molar refractivity (Wildman–Crippen MR) is 149 cm³/mol. The molecule has 0 spiro atoms. The molecule has 9 heteroatoms. The number of amides is 1. The molecule has 4 rings (SSSR count). The highest BCUT2D eigenvalue weighted by molar-refractivity contribution is 7.89. The Bertz CT molecular complexity index is 1290. The second-order valence-electron chi connectivity index (χ2n) is 9.63. The first-order valence-corrected chi connectivity index (χ1v) is 15.5. The Balaban J connectivity index is 1.54. The lowest BCUT2D eigenvalue weighted by molar-refractivity contribution is 0.100. The highest BCUT2D eigenvalue weighted by atomic mass is 32.2. The molecule has 1 aliphatic rings. The number of benzene rings is 1. The molecule has 0 radical (unpaired) electrons. The molecule has 1 fully saturated rings. The summed E-state index contributed by atoms with van der Waals surface area (Å²) in [6.45, 7) is 6.83. The quantitative estimate of drug-likeness (QED) is 0.280. The number of thiophene rings is 1. The van der Waals surface area contributed by atoms with Gasteiger partial charge in [-0.15, -0.1) is 11.3 Å². The summed E-state index contributed by atoms with van der Waals surface area (Å²) < 4.78 is 26.1. The van der Waals surface area contributed by atoms with Crippen LogP contribution in [0.2, 0.25) is 0 Å². The molecule has 1 amide bonds. The molecule has 7 nitrogen and oxygen atoms in total. The third kappa shape index (κ3) is 6.02. The fraction of sp³-hybridized carbons (Fsp3) is 0.519. The monoisotopic (exact) mass is 530 g/mol. The molecule has 1 aromatic carbocycles. The van der Waals surface area contributed by atoms with Crippen LogP contribution in [-0.4, -0.2) is 49.0 Å². The summed E-state index contributed by atoms with van der Waals surface area (Å²) in [5, 5.41) is 4.54. The fourth-order valence-corrected chi connectivity index (χ4v) is 7.17. The first-order chi connectivity index (χ1) is 17.3. The van der Waals surface area contributed by atoms with E-state index in [1.54, 1.807) is 22.6 Å². The van der Waals surface area contributed by atoms with Crippen molar-refractivity contribution in [1.29, 1.82) is 0 Å². The van der Waals surface area contributed by atoms with Gasteiger partial charge in [-0.25, -0.2) is 12.7 Å². The number of sulfonamides is 1. The van der Waals surface area contributed by atoms with Crippen LogP contribution in [0.5, 0.6) is 0 Å². The number of hydrogen-bond donors (Lipinski definition) is 3. The Morgan fingerprint density at radius 3 is 2.64 bits per heavy atom. The largest absolute Gasteiger partial charge is 0.366 e. The molecular formula is C27H38N4O3S2. The number of piperidine rings is 1. The SMILES string of the molecule is CCCCCCNCc1ccc(-c2cc(C(N)=O)c3[nH]cc(C4CCN(S(=O)(=O)CC)CC4)c3c2)s1. The van der Waals surface area contributed by atoms with Crippen LogP contribution >= 0.6 is 11.3 Å². The van der Waals surface area contributed by atoms with E-state index < -0.39 is 15.9 Å². The fourth-order valence-electron chi connectivity index (χ4n) is 5.07. The van der Waals surface area contributed by atoms with Gasteiger partial charge in [0.25, 0.3) is 5.91 Å². The lowest BCUT2D eigenvalue weighted by Gasteiger charge is -2.31. The normalized spacial score (nSPS) is 15.6. The second kappa shape index (κ2) is 11.9. The minimum Gasteiger partial charge on any atom is -0.366 e. The van der Waals surface area contributed by atoms with Gasteiger partial charge < -0.3 is 16.0 Å². The first kappa shape index (κ1) is 26.9. The Hall–Kier alpha value is -2.20. The number of nitrogens with one attached hydrogen (secondary N) is 2. The first-order valence-electron chi connectivity index (χ1n) is 13.1. The van der Waals surface area contributed by atoms with Crippen molar-refractivity contribution in [3.63, 3.8) is 0 Å². The number of hydrogen-bond acceptors (Lipinski definition) is 5. The molecule has 2 aromatic heterocycles. The Labute approximate surface area is 218 Å². The van der Waals surface area contributed by atoms with Gasteiger partial charge in [0, 0.05) is 41.0 Å². The van der Waals surface area contributed by atoms with Gasteiger partial charge >= 0.3 is 0 Å². The highest BCUT2D eigenvalue weighted by Gasteiger charge is 2.29. The topological polar surface area (TPSA) is 108 Å². The van der Waals surface area contributed by atoms with Gasteiger partial charge in [-0.2, -0.15) is 0 Å². The molecule has 0 saturated carbocycles. The Kier molecular flexibility index (Phi) is 8.87. The van der Waals surface area contributed by atoms with E-state index in [4.69, 9.17) is 5.73 Å². The molecular weight excluding hydrogens is 492 g/mol. The van der Waals surface area contributed by atoms with E-state index in [1.165, 1.54) is 30.6 Å². The number of carbonyl (C=O) groups is 1. The number of aromatic nitrogens is 1. The minimum absolute atomic E-state index is 0.132. The summed E-state index contributed by atoms with van der Waals surface area (Å²) in [4.78, 5) is 18.0. The molecule has 1 saturated heterocycles. The average molecular weight is 531 g/mol. The number of rotatable bonds is 12. The second-order valence-corrected chi connectivity index (χ2v) is 13.1. The molecule has 0 unspecified atom stereocenters. The van der Waals surface area contributed by atoms with Crippen molar-refractivity contribution in [1.82, 2.24) is 14.6 Å². The zero-order chi connectivity index (χ0) is 25.7. The average Bonchev–Trinajstić information content (AvgIpc) is 3.53. The van der Waals surface area contributed by atoms with Crippen molar-refractivity contribution in [2.75, 3.05) is 25.4 Å². The van der Waals surface area contributed by atoms with Gasteiger partial charge in [-0.3, -0.25) is 4.79 Å². The van der Waals surface area contributed by atoms with Crippen molar-refractivity contribution in [3.8, 4) is 10.4 Å². The maximum atomic E-state index is 12.3. The summed E-state index contributed by atoms with van der Waals surface area (Å²) in [6.07, 6.45) is 8.48. The van der Waals surface area contributed by atoms with Gasteiger partial charge in [-0.05, 0) is 74.0 Å². The maximum Gasteiger partial charge on any atom is 0.250 e. The van der Waals surface area contributed by atoms with Gasteiger partial charge in [0.05, 0.1) is 16.8 Å². The van der Waals surface area contributed by atoms with Crippen LogP contribution in [-0.2, 0) is 16.6 Å². The number of fused-ring (bicyclic) bond motifs is 1. The number of aromatic amines is 1. The van der Waals surface area contributed by atoms with Crippen LogP contribution in [0.3, 0.4) is 0 Å². The molecule has 0 bridgehead atoms. The van der Waals surface area contributed by atoms with E-state index in [1.807, 2.05) is 12.3 Å². The van der Waals surface area contributed by atoms with E-state index in [-0.39, 0.29) is 11.7 Å². The van der Waals surface area contributed by atoms with E-state index in [9.17, 15) is 13.2 Å². The van der Waals surface area contributed by atoms with Gasteiger partial charge in [-0.1, -0.05) is 26.2 Å². The van der Waals surface area contributed by atoms with E-state index in [0.717, 1.165) is 52.8 Å². The lowest BCUT2D eigenvalue weighted by atomic mass is 9.89. The standard InChI is InChI=1S/C27H38N4O3S2/c1-3-5-6-7-12-29-17-21-8-9-25(35-21)20-15-22-24(18-30-26(22)23(16-20)27(28)32)19-10-13-31(14-11-19)36(33,34)4-2/h8-9,15-16,18-19,29-30H,3-7,10-14,17H2,1-2H3,(H2,28,32). The van der Waals surface area contributed by atoms with Gasteiger partial charge in [0.2, 0.25) is 10.0 Å². The molecule has 3 heterocycles. The minimum atomic E-state index is -3.17. The maximum absolute atomic E-state index is 12.3. The van der Waals surface area contributed by atoms with E-state index in [2.05, 4.69) is 35.4 Å². The highest BCUT2D eigenvalue weighted by Crippen LogP contribution is 2.38. The number of carbonyl (C=O) groups excluding carboxylic acids is 1. The molecule has 1 aliphatic heterocycles. The molecule has 0 atom stereocenters. The van der Waals surface area contributed by atoms with Crippen LogP contribution in [0.25, 0.3) is 21.3 Å². The van der Waals surface area contributed by atoms with Crippen molar-refractivity contribution >= 4 is 38.2 Å². The number of unbranched alkanes of at least 4 members (excludes halogenated alkanes) is 3. The van der Waals surface area contributed by atoms with E-state index in [0.29, 0.717) is 18.7 Å². The van der Waals surface area contributed by atoms with Crippen LogP contribution < -0.4 is 11.1 Å². The molecule has 3 aromatic rings. The zero-order valence-corrected chi connectivity index (χ0v) is 22.9. The van der Waals surface area contributed by atoms with Crippen molar-refractivity contribution in [2.45, 2.75) is 64.8 Å². The number of nitrogens with two attached hydrogens (primary N) is 1. The van der Waals surface area contributed by atoms with E-state index >= 15 is 0 Å². The molecule has 36 heavy (non-hydrogen) atoms. The summed E-state index contributed by atoms with van der Waals surface area (Å²) >= 11 is 1.73. The Morgan fingerprint density at radius 2 is 1.94 bits per heavy atom. The molecule has 0 aliphatic carbocycles. The lowest BCUT2D eigenvalue weighted by Crippen LogP contribution is -2.38. The van der Waals surface area contributed by atoms with Crippen molar-refractivity contribution in [2.24, 2.45) is 5.73 Å². The number of H-pyrrole nitrogens is 1. The number of nitrogens with zero attached hydrogens (tertiary/aromatic N) is 1.